The van der Waals surface area contributed by atoms with Crippen LogP contribution in [-0.2, 0) is 26.5 Å². The first-order chi connectivity index (χ1) is 24.7. The van der Waals surface area contributed by atoms with Gasteiger partial charge >= 0.3 is 0 Å². The molecule has 0 aliphatic carbocycles. The van der Waals surface area contributed by atoms with E-state index in [-0.39, 0.29) is 32.2 Å². The first-order valence-corrected chi connectivity index (χ1v) is 17.3. The molecule has 4 nitrogen and oxygen atoms in total. The van der Waals surface area contributed by atoms with Crippen molar-refractivity contribution in [2.75, 3.05) is 0 Å². The van der Waals surface area contributed by atoms with E-state index in [4.69, 9.17) is 9.97 Å². The average Bonchev–Trinajstić information content (AvgIpc) is 3.54. The maximum Gasteiger partial charge on any atom is 0.148 e. The molecule has 2 heterocycles. The summed E-state index contributed by atoms with van der Waals surface area (Å²) in [5, 5.41) is 11.2. The van der Waals surface area contributed by atoms with E-state index in [1.165, 1.54) is 5.56 Å². The van der Waals surface area contributed by atoms with Crippen LogP contribution in [0.5, 0.6) is 5.75 Å². The average molecular weight is 856 g/mol. The van der Waals surface area contributed by atoms with Gasteiger partial charge in [0, 0.05) is 38.5 Å². The van der Waals surface area contributed by atoms with Gasteiger partial charge in [0.25, 0.3) is 0 Å². The second-order valence-corrected chi connectivity index (χ2v) is 14.1. The molecule has 8 aromatic rings. The zero-order valence-electron chi connectivity index (χ0n) is 29.5. The van der Waals surface area contributed by atoms with Gasteiger partial charge in [-0.1, -0.05) is 135 Å². The topological polar surface area (TPSA) is 50.9 Å². The summed E-state index contributed by atoms with van der Waals surface area (Å²) in [5.74, 6) is 0.845. The van der Waals surface area contributed by atoms with E-state index in [0.29, 0.717) is 11.4 Å². The van der Waals surface area contributed by atoms with Crippen molar-refractivity contribution in [1.82, 2.24) is 14.5 Å². The van der Waals surface area contributed by atoms with Crippen LogP contribution in [0.2, 0.25) is 0 Å². The number of imidazole rings is 1. The van der Waals surface area contributed by atoms with Gasteiger partial charge in [-0.3, -0.25) is 9.55 Å². The van der Waals surface area contributed by atoms with Gasteiger partial charge in [-0.05, 0) is 65.4 Å². The number of hydrogen-bond donors (Lipinski definition) is 1. The van der Waals surface area contributed by atoms with Gasteiger partial charge < -0.3 is 5.11 Å². The summed E-state index contributed by atoms with van der Waals surface area (Å²) in [6, 6.07) is 53.5. The summed E-state index contributed by atoms with van der Waals surface area (Å²) in [5.41, 5.74) is 13.8. The maximum atomic E-state index is 11.2. The molecule has 8 rings (SSSR count). The molecule has 1 N–H and O–H groups in total. The number of nitrogens with zero attached hydrogens (tertiary/aromatic N) is 3. The van der Waals surface area contributed by atoms with Crippen molar-refractivity contribution in [3.63, 3.8) is 0 Å². The van der Waals surface area contributed by atoms with Crippen LogP contribution >= 0.6 is 0 Å². The minimum Gasteiger partial charge on any atom is -0.507 e. The van der Waals surface area contributed by atoms with Crippen molar-refractivity contribution >= 4 is 11.0 Å². The molecular formula is C47H38N3OPt-. The number of aryl methyl sites for hydroxylation is 1. The molecule has 0 bridgehead atoms. The Balaban J connectivity index is 0.00000420. The molecule has 52 heavy (non-hydrogen) atoms. The van der Waals surface area contributed by atoms with E-state index in [2.05, 4.69) is 148 Å². The maximum absolute atomic E-state index is 11.2. The van der Waals surface area contributed by atoms with Crippen LogP contribution < -0.4 is 0 Å². The fraction of sp³-hybridized carbons (Fsp3) is 0.106. The van der Waals surface area contributed by atoms with E-state index >= 15 is 0 Å². The Morgan fingerprint density at radius 2 is 1.29 bits per heavy atom. The van der Waals surface area contributed by atoms with Gasteiger partial charge in [0.2, 0.25) is 0 Å². The Kier molecular flexibility index (Phi) is 9.53. The second kappa shape index (κ2) is 14.2. The quantitative estimate of drug-likeness (QED) is 0.170. The number of fused-ring (bicyclic) bond motifs is 1. The predicted octanol–water partition coefficient (Wildman–Crippen LogP) is 11.9. The van der Waals surface area contributed by atoms with Crippen molar-refractivity contribution in [3.05, 3.63) is 169 Å². The van der Waals surface area contributed by atoms with Gasteiger partial charge in [-0.25, -0.2) is 4.98 Å². The van der Waals surface area contributed by atoms with Crippen LogP contribution in [0.15, 0.2) is 152 Å². The number of para-hydroxylation sites is 2. The molecule has 0 amide bonds. The molecule has 0 aliphatic rings. The predicted molar refractivity (Wildman–Crippen MR) is 210 cm³/mol. The molecule has 0 fully saturated rings. The molecule has 0 saturated carbocycles. The standard InChI is InChI=1S/C47H38N3O.Pt/c1-31-22-23-42(40(26-31)33-16-9-6-10-17-33)50-43-20-13-19-38(45(43)49-46(50)39-18-11-12-21-44(39)51)35-27-36(29-37(28-35)47(2,3)4)41-30-34(24-25-48-41)32-14-7-5-8-15-32;/h5-26,28-30,51H,1-4H3;/q-1;. The zero-order valence-corrected chi connectivity index (χ0v) is 31.8. The number of benzene rings is 6. The molecule has 0 saturated heterocycles. The minimum absolute atomic E-state index is 0. The third-order valence-corrected chi connectivity index (χ3v) is 9.48. The smallest absolute Gasteiger partial charge is 0.148 e. The monoisotopic (exact) mass is 855 g/mol. The Bertz CT molecular complexity index is 2530. The van der Waals surface area contributed by atoms with Crippen LogP contribution in [0, 0.1) is 13.0 Å². The van der Waals surface area contributed by atoms with Crippen molar-refractivity contribution in [1.29, 1.82) is 0 Å². The van der Waals surface area contributed by atoms with Crippen LogP contribution in [0.1, 0.15) is 31.9 Å². The normalized spacial score (nSPS) is 11.4. The third kappa shape index (κ3) is 6.63. The molecule has 0 radical (unpaired) electrons. The fourth-order valence-corrected chi connectivity index (χ4v) is 6.77. The zero-order chi connectivity index (χ0) is 35.1. The van der Waals surface area contributed by atoms with Gasteiger partial charge in [0.15, 0.2) is 0 Å². The number of phenols is 1. The summed E-state index contributed by atoms with van der Waals surface area (Å²) in [6.07, 6.45) is 1.88. The van der Waals surface area contributed by atoms with E-state index < -0.39 is 0 Å². The molecule has 6 aromatic carbocycles. The van der Waals surface area contributed by atoms with Gasteiger partial charge in [-0.2, -0.15) is 0 Å². The molecule has 5 heteroatoms. The Morgan fingerprint density at radius 3 is 2.02 bits per heavy atom. The molecule has 0 spiro atoms. The molecular weight excluding hydrogens is 818 g/mol. The summed E-state index contributed by atoms with van der Waals surface area (Å²) in [7, 11) is 0. The van der Waals surface area contributed by atoms with Crippen molar-refractivity contribution in [2.24, 2.45) is 0 Å². The Hall–Kier alpha value is -5.57. The van der Waals surface area contributed by atoms with E-state index in [1.54, 1.807) is 6.07 Å². The van der Waals surface area contributed by atoms with Gasteiger partial charge in [0.1, 0.15) is 11.6 Å². The number of aromatic hydroxyl groups is 1. The summed E-state index contributed by atoms with van der Waals surface area (Å²) >= 11 is 0. The fourth-order valence-electron chi connectivity index (χ4n) is 6.77. The van der Waals surface area contributed by atoms with Gasteiger partial charge in [0.05, 0.1) is 22.3 Å². The van der Waals surface area contributed by atoms with Crippen LogP contribution in [0.4, 0.5) is 0 Å². The van der Waals surface area contributed by atoms with Crippen molar-refractivity contribution < 1.29 is 26.2 Å². The molecule has 0 aliphatic heterocycles. The molecule has 2 aromatic heterocycles. The number of phenolic OH excluding ortho intramolecular Hbond substituents is 1. The molecule has 258 valence electrons. The van der Waals surface area contributed by atoms with Gasteiger partial charge in [-0.15, -0.1) is 29.3 Å². The van der Waals surface area contributed by atoms with Crippen molar-refractivity contribution in [2.45, 2.75) is 33.1 Å². The van der Waals surface area contributed by atoms with Crippen LogP contribution in [0.3, 0.4) is 0 Å². The van der Waals surface area contributed by atoms with Crippen LogP contribution in [0.25, 0.3) is 72.7 Å². The summed E-state index contributed by atoms with van der Waals surface area (Å²) < 4.78 is 2.19. The third-order valence-electron chi connectivity index (χ3n) is 9.48. The molecule has 0 unspecified atom stereocenters. The first kappa shape index (κ1) is 34.9. The largest absolute Gasteiger partial charge is 0.507 e. The summed E-state index contributed by atoms with van der Waals surface area (Å²) in [4.78, 5) is 10.2. The van der Waals surface area contributed by atoms with E-state index in [9.17, 15) is 5.11 Å². The van der Waals surface area contributed by atoms with E-state index in [1.807, 2.05) is 36.5 Å². The number of rotatable bonds is 6. The summed E-state index contributed by atoms with van der Waals surface area (Å²) in [6.45, 7) is 8.82. The first-order valence-electron chi connectivity index (χ1n) is 17.3. The molecule has 0 atom stereocenters. The second-order valence-electron chi connectivity index (χ2n) is 14.1. The van der Waals surface area contributed by atoms with E-state index in [0.717, 1.165) is 66.9 Å². The van der Waals surface area contributed by atoms with Crippen LogP contribution in [-0.4, -0.2) is 19.6 Å². The number of hydrogen-bond acceptors (Lipinski definition) is 3. The Morgan fingerprint density at radius 1 is 0.615 bits per heavy atom. The Labute approximate surface area is 319 Å². The minimum atomic E-state index is -0.129. The van der Waals surface area contributed by atoms with Crippen molar-refractivity contribution in [3.8, 4) is 67.5 Å². The number of pyridine rings is 1. The number of aromatic nitrogens is 3. The SMILES string of the molecule is Cc1ccc(-n2c(-c3ccccc3O)nc3c(-c4[c-]c(-c5cc(-c6ccccc6)ccn5)cc(C(C)(C)C)c4)cccc32)c(-c2ccccc2)c1.[Pt].